The van der Waals surface area contributed by atoms with Crippen LogP contribution in [0, 0.1) is 0 Å². The Hall–Kier alpha value is -1.06. The summed E-state index contributed by atoms with van der Waals surface area (Å²) in [7, 11) is 0.101. The molecule has 0 aliphatic heterocycles. The van der Waals surface area contributed by atoms with E-state index in [4.69, 9.17) is 0 Å². The normalized spacial score (nSPS) is 15.1. The van der Waals surface area contributed by atoms with E-state index in [2.05, 4.69) is 60.1 Å². The van der Waals surface area contributed by atoms with E-state index in [0.717, 1.165) is 9.94 Å². The summed E-state index contributed by atoms with van der Waals surface area (Å²) in [6.07, 6.45) is 0. The van der Waals surface area contributed by atoms with E-state index in [1.54, 1.807) is 0 Å². The van der Waals surface area contributed by atoms with E-state index in [1.807, 2.05) is 6.07 Å². The lowest BCUT2D eigenvalue weighted by Crippen LogP contribution is -2.20. The van der Waals surface area contributed by atoms with Crippen LogP contribution >= 0.6 is 15.9 Å². The van der Waals surface area contributed by atoms with Crippen molar-refractivity contribution in [3.05, 3.63) is 52.0 Å². The molecule has 0 radical (unpaired) electrons. The van der Waals surface area contributed by atoms with Gasteiger partial charge < -0.3 is 5.02 Å². The van der Waals surface area contributed by atoms with Crippen molar-refractivity contribution in [2.75, 3.05) is 0 Å². The van der Waals surface area contributed by atoms with Crippen LogP contribution in [0.1, 0.15) is 25.0 Å². The second kappa shape index (κ2) is 3.97. The molecule has 1 nitrogen and oxygen atoms in total. The van der Waals surface area contributed by atoms with Gasteiger partial charge in [-0.05, 0) is 34.4 Å². The monoisotopic (exact) mass is 300 g/mol. The number of hydrogen-bond acceptors (Lipinski definition) is 1. The molecule has 18 heavy (non-hydrogen) atoms. The second-order valence-electron chi connectivity index (χ2n) is 5.35. The zero-order chi connectivity index (χ0) is 12.9. The molecule has 1 aliphatic rings. The van der Waals surface area contributed by atoms with Gasteiger partial charge >= 0.3 is 7.48 Å². The molecular weight excluding hydrogens is 287 g/mol. The number of halogens is 1. The summed E-state index contributed by atoms with van der Waals surface area (Å²) >= 11 is 3.55. The number of benzene rings is 2. The molecule has 0 saturated carbocycles. The van der Waals surface area contributed by atoms with Crippen molar-refractivity contribution in [3.8, 4) is 11.1 Å². The third-order valence-electron chi connectivity index (χ3n) is 3.89. The molecule has 0 spiro atoms. The maximum absolute atomic E-state index is 9.29. The van der Waals surface area contributed by atoms with Crippen molar-refractivity contribution in [3.63, 3.8) is 0 Å². The Balaban J connectivity index is 2.31. The maximum Gasteiger partial charge on any atom is 0.304 e. The molecule has 0 heterocycles. The van der Waals surface area contributed by atoms with E-state index in [9.17, 15) is 5.02 Å². The first-order chi connectivity index (χ1) is 8.54. The molecule has 2 aromatic carbocycles. The summed E-state index contributed by atoms with van der Waals surface area (Å²) in [5.41, 5.74) is 6.24. The van der Waals surface area contributed by atoms with Crippen LogP contribution in [0.3, 0.4) is 0 Å². The molecule has 1 N–H and O–H groups in total. The van der Waals surface area contributed by atoms with Gasteiger partial charge in [0.2, 0.25) is 0 Å². The van der Waals surface area contributed by atoms with Gasteiger partial charge in [-0.2, -0.15) is 0 Å². The van der Waals surface area contributed by atoms with Crippen molar-refractivity contribution in [2.24, 2.45) is 0 Å². The molecule has 0 atom stereocenters. The van der Waals surface area contributed by atoms with Crippen molar-refractivity contribution in [1.82, 2.24) is 0 Å². The molecule has 0 saturated heterocycles. The van der Waals surface area contributed by atoms with Gasteiger partial charge in [0, 0.05) is 9.89 Å². The summed E-state index contributed by atoms with van der Waals surface area (Å²) in [6, 6.07) is 12.7. The Bertz CT molecular complexity index is 634. The molecule has 0 fully saturated rings. The van der Waals surface area contributed by atoms with Crippen LogP contribution < -0.4 is 5.46 Å². The largest absolute Gasteiger partial charge is 0.449 e. The van der Waals surface area contributed by atoms with E-state index in [-0.39, 0.29) is 12.9 Å². The fraction of sp³-hybridized carbons (Fsp3) is 0.200. The fourth-order valence-corrected chi connectivity index (χ4v) is 3.22. The Morgan fingerprint density at radius 2 is 1.61 bits per heavy atom. The third kappa shape index (κ3) is 1.58. The van der Waals surface area contributed by atoms with Crippen molar-refractivity contribution >= 4 is 28.9 Å². The Labute approximate surface area is 116 Å². The van der Waals surface area contributed by atoms with Gasteiger partial charge in [0.05, 0.1) is 0 Å². The molecule has 2 aromatic rings. The zero-order valence-corrected chi connectivity index (χ0v) is 12.1. The number of rotatable bonds is 1. The lowest BCUT2D eigenvalue weighted by Gasteiger charge is -2.22. The Morgan fingerprint density at radius 3 is 2.28 bits per heavy atom. The molecule has 3 heteroatoms. The van der Waals surface area contributed by atoms with Crippen LogP contribution in [0.5, 0.6) is 0 Å². The highest BCUT2D eigenvalue weighted by atomic mass is 79.9. The molecule has 0 amide bonds. The lowest BCUT2D eigenvalue weighted by atomic mass is 9.79. The van der Waals surface area contributed by atoms with Crippen LogP contribution in [0.2, 0.25) is 0 Å². The highest BCUT2D eigenvalue weighted by Gasteiger charge is 2.35. The minimum Gasteiger partial charge on any atom is -0.449 e. The van der Waals surface area contributed by atoms with Crippen LogP contribution in [0.4, 0.5) is 0 Å². The topological polar surface area (TPSA) is 20.2 Å². The molecule has 0 aromatic heterocycles. The standard InChI is InChI=1S/C15H14BBrO/c1-15(2)13-7-9(16-18)3-5-11(13)12-6-4-10(17)8-14(12)15/h3-8,16,18H,1-2H3. The van der Waals surface area contributed by atoms with Gasteiger partial charge in [0.15, 0.2) is 0 Å². The lowest BCUT2D eigenvalue weighted by molar-refractivity contribution is 0.615. The minimum absolute atomic E-state index is 0.000370. The summed E-state index contributed by atoms with van der Waals surface area (Å²) in [6.45, 7) is 4.48. The van der Waals surface area contributed by atoms with Gasteiger partial charge in [-0.3, -0.25) is 0 Å². The molecule has 3 rings (SSSR count). The van der Waals surface area contributed by atoms with Crippen LogP contribution in [-0.4, -0.2) is 12.5 Å². The molecular formula is C15H14BBrO. The fourth-order valence-electron chi connectivity index (χ4n) is 2.86. The smallest absolute Gasteiger partial charge is 0.304 e. The first-order valence-electron chi connectivity index (χ1n) is 6.08. The Morgan fingerprint density at radius 1 is 1.00 bits per heavy atom. The zero-order valence-electron chi connectivity index (χ0n) is 10.5. The van der Waals surface area contributed by atoms with Gasteiger partial charge in [0.1, 0.15) is 0 Å². The summed E-state index contributed by atoms with van der Waals surface area (Å²) in [5, 5.41) is 9.29. The first-order valence-corrected chi connectivity index (χ1v) is 6.88. The van der Waals surface area contributed by atoms with Gasteiger partial charge in [0.25, 0.3) is 0 Å². The predicted octanol–water partition coefficient (Wildman–Crippen LogP) is 2.72. The molecule has 1 aliphatic carbocycles. The average molecular weight is 301 g/mol. The van der Waals surface area contributed by atoms with E-state index >= 15 is 0 Å². The van der Waals surface area contributed by atoms with Crippen LogP contribution in [-0.2, 0) is 5.41 Å². The van der Waals surface area contributed by atoms with Crippen LogP contribution in [0.25, 0.3) is 11.1 Å². The highest BCUT2D eigenvalue weighted by molar-refractivity contribution is 9.10. The van der Waals surface area contributed by atoms with E-state index in [0.29, 0.717) is 0 Å². The number of fused-ring (bicyclic) bond motifs is 3. The highest BCUT2D eigenvalue weighted by Crippen LogP contribution is 2.48. The van der Waals surface area contributed by atoms with Crippen molar-refractivity contribution in [2.45, 2.75) is 19.3 Å². The summed E-state index contributed by atoms with van der Waals surface area (Å²) < 4.78 is 1.12. The number of hydrogen-bond donors (Lipinski definition) is 1. The van der Waals surface area contributed by atoms with Gasteiger partial charge in [-0.15, -0.1) is 0 Å². The third-order valence-corrected chi connectivity index (χ3v) is 4.38. The summed E-state index contributed by atoms with van der Waals surface area (Å²) in [5.74, 6) is 0. The SMILES string of the molecule is CC1(C)c2cc(Br)ccc2-c2ccc(BO)cc21. The predicted molar refractivity (Wildman–Crippen MR) is 80.7 cm³/mol. The van der Waals surface area contributed by atoms with E-state index in [1.165, 1.54) is 22.3 Å². The average Bonchev–Trinajstić information content (AvgIpc) is 2.58. The maximum atomic E-state index is 9.29. The Kier molecular flexibility index (Phi) is 2.65. The summed E-state index contributed by atoms with van der Waals surface area (Å²) in [4.78, 5) is 0. The molecule has 0 unspecified atom stereocenters. The quantitative estimate of drug-likeness (QED) is 0.803. The van der Waals surface area contributed by atoms with Gasteiger partial charge in [-0.25, -0.2) is 0 Å². The molecule has 0 bridgehead atoms. The van der Waals surface area contributed by atoms with E-state index < -0.39 is 0 Å². The minimum atomic E-state index is -0.000370. The van der Waals surface area contributed by atoms with Crippen molar-refractivity contribution < 1.29 is 5.02 Å². The second-order valence-corrected chi connectivity index (χ2v) is 6.27. The first kappa shape index (κ1) is 12.0. The van der Waals surface area contributed by atoms with Crippen LogP contribution in [0.15, 0.2) is 40.9 Å². The van der Waals surface area contributed by atoms with Gasteiger partial charge in [-0.1, -0.05) is 59.5 Å². The van der Waals surface area contributed by atoms with Crippen molar-refractivity contribution in [1.29, 1.82) is 0 Å². The molecule has 90 valence electrons.